The van der Waals surface area contributed by atoms with Crippen molar-refractivity contribution in [2.24, 2.45) is 5.92 Å². The summed E-state index contributed by atoms with van der Waals surface area (Å²) in [5.74, 6) is 1.39. The van der Waals surface area contributed by atoms with E-state index < -0.39 is 18.4 Å². The summed E-state index contributed by atoms with van der Waals surface area (Å²) in [6.07, 6.45) is 0. The van der Waals surface area contributed by atoms with Crippen LogP contribution in [0.5, 0.6) is 5.75 Å². The van der Waals surface area contributed by atoms with Crippen molar-refractivity contribution in [3.8, 4) is 5.75 Å². The molecule has 2 nitrogen and oxygen atoms in total. The van der Waals surface area contributed by atoms with E-state index in [4.69, 9.17) is 9.47 Å². The van der Waals surface area contributed by atoms with Gasteiger partial charge in [-0.1, -0.05) is 0 Å². The molecule has 0 heterocycles. The molecule has 0 aliphatic heterocycles. The molecule has 0 unspecified atom stereocenters. The number of alkyl halides is 1. The SMILES string of the molecule is C=[C]([C@H](CI)COCc1ccc(OC)cc1)[Sn]([CH3])([CH3])[CH3]. The van der Waals surface area contributed by atoms with E-state index in [0.29, 0.717) is 12.5 Å². The molecule has 0 amide bonds. The third kappa shape index (κ3) is 5.93. The number of ether oxygens (including phenoxy) is 2. The topological polar surface area (TPSA) is 18.5 Å². The second-order valence-corrected chi connectivity index (χ2v) is 21.5. The molecule has 0 N–H and O–H groups in total. The predicted octanol–water partition coefficient (Wildman–Crippen LogP) is 4.70. The Hall–Kier alpha value is 0.249. The molecule has 4 heteroatoms. The van der Waals surface area contributed by atoms with Crippen LogP contribution in [-0.4, -0.2) is 36.5 Å². The fourth-order valence-corrected chi connectivity index (χ4v) is 7.89. The minimum atomic E-state index is -2.01. The third-order valence-electron chi connectivity index (χ3n) is 3.39. The van der Waals surface area contributed by atoms with E-state index in [1.54, 1.807) is 7.11 Å². The van der Waals surface area contributed by atoms with Gasteiger partial charge in [0.15, 0.2) is 0 Å². The fourth-order valence-electron chi connectivity index (χ4n) is 1.89. The Labute approximate surface area is 140 Å². The third-order valence-corrected chi connectivity index (χ3v) is 11.1. The van der Waals surface area contributed by atoms with Crippen LogP contribution in [-0.2, 0) is 11.3 Å². The molecule has 0 bridgehead atoms. The molecule has 0 aliphatic rings. The van der Waals surface area contributed by atoms with E-state index >= 15 is 0 Å². The quantitative estimate of drug-likeness (QED) is 0.296. The molecule has 0 aromatic heterocycles. The molecule has 1 aromatic carbocycles. The second kappa shape index (κ2) is 8.63. The van der Waals surface area contributed by atoms with Gasteiger partial charge in [0.2, 0.25) is 0 Å². The standard InChI is InChI=1S/C13H16IO2.3CH3.Sn/c1-3-11(8-14)9-16-10-12-4-6-13(15-2)7-5-12;;;;/h4-7,11H,1,8-10H2,2H3;3*1H3;/t11-;;;;/m1..../s1. The summed E-state index contributed by atoms with van der Waals surface area (Å²) < 4.78 is 13.6. The van der Waals surface area contributed by atoms with Gasteiger partial charge >= 0.3 is 142 Å². The van der Waals surface area contributed by atoms with Gasteiger partial charge in [0.05, 0.1) is 0 Å². The molecule has 0 saturated carbocycles. The minimum absolute atomic E-state index is 0.504. The van der Waals surface area contributed by atoms with Crippen molar-refractivity contribution in [3.63, 3.8) is 0 Å². The first-order valence-electron chi connectivity index (χ1n) is 6.84. The Kier molecular flexibility index (Phi) is 7.90. The van der Waals surface area contributed by atoms with Gasteiger partial charge in [-0.3, -0.25) is 0 Å². The van der Waals surface area contributed by atoms with Crippen LogP contribution in [0.15, 0.2) is 34.4 Å². The average molecular weight is 495 g/mol. The van der Waals surface area contributed by atoms with Gasteiger partial charge in [-0.25, -0.2) is 0 Å². The van der Waals surface area contributed by atoms with Gasteiger partial charge in [0.1, 0.15) is 0 Å². The van der Waals surface area contributed by atoms with Gasteiger partial charge in [0, 0.05) is 0 Å². The Bertz CT molecular complexity index is 423. The normalized spacial score (nSPS) is 13.1. The molecule has 0 saturated heterocycles. The number of rotatable bonds is 8. The van der Waals surface area contributed by atoms with E-state index in [-0.39, 0.29) is 0 Å². The second-order valence-electron chi connectivity index (χ2n) is 5.99. The van der Waals surface area contributed by atoms with E-state index in [1.807, 2.05) is 12.1 Å². The predicted molar refractivity (Wildman–Crippen MR) is 97.5 cm³/mol. The number of halogens is 1. The van der Waals surface area contributed by atoms with Crippen LogP contribution >= 0.6 is 22.6 Å². The Morgan fingerprint density at radius 2 is 1.85 bits per heavy atom. The van der Waals surface area contributed by atoms with Gasteiger partial charge in [-0.2, -0.15) is 0 Å². The maximum absolute atomic E-state index is 5.89. The van der Waals surface area contributed by atoms with Crippen molar-refractivity contribution < 1.29 is 9.47 Å². The monoisotopic (exact) mass is 496 g/mol. The van der Waals surface area contributed by atoms with Gasteiger partial charge in [-0.15, -0.1) is 0 Å². The zero-order valence-electron chi connectivity index (χ0n) is 12.9. The fraction of sp³-hybridized carbons (Fsp3) is 0.500. The van der Waals surface area contributed by atoms with Crippen LogP contribution in [0, 0.1) is 5.92 Å². The number of hydrogen-bond donors (Lipinski definition) is 0. The number of benzene rings is 1. The molecular formula is C16H25IO2Sn. The zero-order chi connectivity index (χ0) is 15.2. The van der Waals surface area contributed by atoms with E-state index in [9.17, 15) is 0 Å². The first-order valence-corrected chi connectivity index (χ1v) is 18.4. The van der Waals surface area contributed by atoms with Crippen LogP contribution in [0.3, 0.4) is 0 Å². The number of methoxy groups -OCH3 is 1. The summed E-state index contributed by atoms with van der Waals surface area (Å²) in [4.78, 5) is 7.25. The maximum atomic E-state index is 5.89. The molecule has 0 fully saturated rings. The Balaban J connectivity index is 2.47. The molecular weight excluding hydrogens is 470 g/mol. The van der Waals surface area contributed by atoms with E-state index in [1.165, 1.54) is 9.15 Å². The number of hydrogen-bond acceptors (Lipinski definition) is 2. The van der Waals surface area contributed by atoms with Crippen molar-refractivity contribution in [2.45, 2.75) is 21.4 Å². The van der Waals surface area contributed by atoms with Crippen LogP contribution in [0.2, 0.25) is 14.8 Å². The molecule has 0 spiro atoms. The van der Waals surface area contributed by atoms with Crippen molar-refractivity contribution >= 4 is 41.0 Å². The summed E-state index contributed by atoms with van der Waals surface area (Å²) in [5, 5.41) is 0. The summed E-state index contributed by atoms with van der Waals surface area (Å²) in [6, 6.07) is 8.05. The first kappa shape index (κ1) is 18.3. The van der Waals surface area contributed by atoms with Crippen molar-refractivity contribution in [1.29, 1.82) is 0 Å². The van der Waals surface area contributed by atoms with Crippen molar-refractivity contribution in [1.82, 2.24) is 0 Å². The van der Waals surface area contributed by atoms with E-state index in [0.717, 1.165) is 16.8 Å². The summed E-state index contributed by atoms with van der Waals surface area (Å²) in [5.41, 5.74) is 1.18. The molecule has 1 rings (SSSR count). The Morgan fingerprint density at radius 1 is 1.25 bits per heavy atom. The van der Waals surface area contributed by atoms with Crippen LogP contribution in [0.4, 0.5) is 0 Å². The molecule has 1 aromatic rings. The summed E-state index contributed by atoms with van der Waals surface area (Å²) in [6.45, 7) is 5.77. The first-order chi connectivity index (χ1) is 9.38. The van der Waals surface area contributed by atoms with Crippen LogP contribution in [0.25, 0.3) is 0 Å². The molecule has 112 valence electrons. The molecule has 1 atom stereocenters. The van der Waals surface area contributed by atoms with Crippen molar-refractivity contribution in [2.75, 3.05) is 18.1 Å². The molecule has 0 radical (unpaired) electrons. The summed E-state index contributed by atoms with van der Waals surface area (Å²) >= 11 is 0.435. The Morgan fingerprint density at radius 3 is 2.30 bits per heavy atom. The summed E-state index contributed by atoms with van der Waals surface area (Å²) in [7, 11) is 1.68. The van der Waals surface area contributed by atoms with E-state index in [2.05, 4.69) is 56.1 Å². The van der Waals surface area contributed by atoms with Crippen LogP contribution < -0.4 is 4.74 Å². The van der Waals surface area contributed by atoms with Gasteiger partial charge < -0.3 is 0 Å². The molecule has 20 heavy (non-hydrogen) atoms. The molecule has 0 aliphatic carbocycles. The van der Waals surface area contributed by atoms with Gasteiger partial charge in [-0.05, 0) is 0 Å². The van der Waals surface area contributed by atoms with Gasteiger partial charge in [0.25, 0.3) is 0 Å². The van der Waals surface area contributed by atoms with Crippen LogP contribution in [0.1, 0.15) is 5.56 Å². The zero-order valence-corrected chi connectivity index (χ0v) is 17.9. The average Bonchev–Trinajstić information content (AvgIpc) is 2.42. The van der Waals surface area contributed by atoms with Crippen molar-refractivity contribution in [3.05, 3.63) is 40.0 Å².